The zero-order valence-corrected chi connectivity index (χ0v) is 17.2. The molecule has 2 aromatic rings. The van der Waals surface area contributed by atoms with E-state index in [-0.39, 0.29) is 10.9 Å². The lowest BCUT2D eigenvalue weighted by atomic mass is 10.1. The molecular weight excluding hydrogens is 395 g/mol. The number of amides is 3. The van der Waals surface area contributed by atoms with Crippen molar-refractivity contribution in [2.45, 2.75) is 19.3 Å². The lowest BCUT2D eigenvalue weighted by Gasteiger charge is -2.28. The number of carbonyl (C=O) groups is 2. The summed E-state index contributed by atoms with van der Waals surface area (Å²) in [6, 6.07) is 8.64. The molecule has 0 spiro atoms. The van der Waals surface area contributed by atoms with Gasteiger partial charge < -0.3 is 20.4 Å². The fraction of sp³-hybridized carbons (Fsp3) is 0.333. The van der Waals surface area contributed by atoms with E-state index >= 15 is 0 Å². The van der Waals surface area contributed by atoms with Crippen LogP contribution in [0.15, 0.2) is 36.4 Å². The summed E-state index contributed by atoms with van der Waals surface area (Å²) in [5.41, 5.74) is 2.18. The van der Waals surface area contributed by atoms with Gasteiger partial charge in [0.15, 0.2) is 0 Å². The summed E-state index contributed by atoms with van der Waals surface area (Å²) >= 11 is 5.74. The molecule has 1 aliphatic rings. The van der Waals surface area contributed by atoms with E-state index < -0.39 is 11.8 Å². The van der Waals surface area contributed by atoms with Gasteiger partial charge in [-0.05, 0) is 55.7 Å². The van der Waals surface area contributed by atoms with E-state index in [0.717, 1.165) is 38.0 Å². The van der Waals surface area contributed by atoms with Crippen molar-refractivity contribution >= 4 is 40.6 Å². The predicted molar refractivity (Wildman–Crippen MR) is 115 cm³/mol. The molecule has 3 amide bonds. The minimum Gasteiger partial charge on any atom is -0.377 e. The number of likely N-dealkylation sites (tertiary alicyclic amines) is 1. The van der Waals surface area contributed by atoms with Gasteiger partial charge in [-0.3, -0.25) is 4.79 Å². The zero-order chi connectivity index (χ0) is 21.0. The van der Waals surface area contributed by atoms with Crippen molar-refractivity contribution in [3.05, 3.63) is 52.8 Å². The van der Waals surface area contributed by atoms with Crippen LogP contribution in [0.4, 0.5) is 26.2 Å². The summed E-state index contributed by atoms with van der Waals surface area (Å²) in [5, 5.41) is 5.24. The second-order valence-electron chi connectivity index (χ2n) is 7.19. The van der Waals surface area contributed by atoms with Crippen LogP contribution in [-0.4, -0.2) is 44.0 Å². The molecule has 0 aliphatic carbocycles. The minimum atomic E-state index is -0.558. The molecule has 1 fully saturated rings. The van der Waals surface area contributed by atoms with Crippen LogP contribution in [0.5, 0.6) is 0 Å². The number of anilines is 3. The van der Waals surface area contributed by atoms with Crippen LogP contribution in [-0.2, 0) is 0 Å². The fourth-order valence-electron chi connectivity index (χ4n) is 3.31. The molecule has 2 N–H and O–H groups in total. The minimum absolute atomic E-state index is 0.0391. The molecule has 0 bridgehead atoms. The van der Waals surface area contributed by atoms with Crippen molar-refractivity contribution in [2.75, 3.05) is 42.7 Å². The molecule has 0 saturated carbocycles. The highest BCUT2D eigenvalue weighted by atomic mass is 35.5. The van der Waals surface area contributed by atoms with Crippen molar-refractivity contribution in [2.24, 2.45) is 0 Å². The van der Waals surface area contributed by atoms with Crippen LogP contribution < -0.4 is 15.5 Å². The number of halogens is 2. The molecule has 154 valence electrons. The second kappa shape index (κ2) is 9.13. The standard InChI is InChI=1S/C21H24ClFN4O2/c1-26(2)19-9-7-14(12-16(19)20(28)27-10-4-3-5-11-27)24-21(29)25-15-6-8-18(23)17(22)13-15/h6-9,12-13H,3-5,10-11H2,1-2H3,(H2,24,25,29). The summed E-state index contributed by atoms with van der Waals surface area (Å²) in [4.78, 5) is 29.1. The van der Waals surface area contributed by atoms with E-state index in [2.05, 4.69) is 10.6 Å². The molecule has 3 rings (SSSR count). The third-order valence-electron chi connectivity index (χ3n) is 4.79. The SMILES string of the molecule is CN(C)c1ccc(NC(=O)Nc2ccc(F)c(Cl)c2)cc1C(=O)N1CCCCC1. The van der Waals surface area contributed by atoms with Gasteiger partial charge in [-0.15, -0.1) is 0 Å². The third-order valence-corrected chi connectivity index (χ3v) is 5.08. The first kappa shape index (κ1) is 20.9. The van der Waals surface area contributed by atoms with E-state index in [1.54, 1.807) is 12.1 Å². The van der Waals surface area contributed by atoms with Gasteiger partial charge in [0.2, 0.25) is 0 Å². The fourth-order valence-corrected chi connectivity index (χ4v) is 3.49. The number of carbonyl (C=O) groups excluding carboxylic acids is 2. The number of piperidine rings is 1. The predicted octanol–water partition coefficient (Wildman–Crippen LogP) is 4.82. The van der Waals surface area contributed by atoms with Crippen LogP contribution >= 0.6 is 11.6 Å². The van der Waals surface area contributed by atoms with E-state index in [1.807, 2.05) is 30.0 Å². The van der Waals surface area contributed by atoms with Gasteiger partial charge in [0.25, 0.3) is 5.91 Å². The Kier molecular flexibility index (Phi) is 6.59. The van der Waals surface area contributed by atoms with Crippen LogP contribution in [0, 0.1) is 5.82 Å². The zero-order valence-electron chi connectivity index (χ0n) is 16.5. The normalized spacial score (nSPS) is 13.7. The average molecular weight is 419 g/mol. The molecular formula is C21H24ClFN4O2. The van der Waals surface area contributed by atoms with Gasteiger partial charge in [0, 0.05) is 44.2 Å². The maximum Gasteiger partial charge on any atom is 0.323 e. The number of urea groups is 1. The molecule has 0 aromatic heterocycles. The molecule has 0 radical (unpaired) electrons. The van der Waals surface area contributed by atoms with E-state index in [9.17, 15) is 14.0 Å². The maximum atomic E-state index is 13.3. The van der Waals surface area contributed by atoms with Crippen LogP contribution in [0.1, 0.15) is 29.6 Å². The van der Waals surface area contributed by atoms with Crippen LogP contribution in [0.25, 0.3) is 0 Å². The third kappa shape index (κ3) is 5.17. The summed E-state index contributed by atoms with van der Waals surface area (Å²) in [6.45, 7) is 1.49. The van der Waals surface area contributed by atoms with Crippen molar-refractivity contribution < 1.29 is 14.0 Å². The smallest absolute Gasteiger partial charge is 0.323 e. The van der Waals surface area contributed by atoms with Gasteiger partial charge in [-0.2, -0.15) is 0 Å². The van der Waals surface area contributed by atoms with Gasteiger partial charge >= 0.3 is 6.03 Å². The Balaban J connectivity index is 1.77. The van der Waals surface area contributed by atoms with E-state index in [0.29, 0.717) is 16.9 Å². The average Bonchev–Trinajstić information content (AvgIpc) is 2.70. The van der Waals surface area contributed by atoms with Crippen LogP contribution in [0.3, 0.4) is 0 Å². The number of nitrogens with zero attached hydrogens (tertiary/aromatic N) is 2. The second-order valence-corrected chi connectivity index (χ2v) is 7.59. The largest absolute Gasteiger partial charge is 0.377 e. The summed E-state index contributed by atoms with van der Waals surface area (Å²) < 4.78 is 13.3. The Bertz CT molecular complexity index is 914. The molecule has 2 aromatic carbocycles. The summed E-state index contributed by atoms with van der Waals surface area (Å²) in [5.74, 6) is -0.597. The highest BCUT2D eigenvalue weighted by molar-refractivity contribution is 6.31. The lowest BCUT2D eigenvalue weighted by Crippen LogP contribution is -2.36. The first-order valence-electron chi connectivity index (χ1n) is 9.49. The Morgan fingerprint density at radius 2 is 1.62 bits per heavy atom. The summed E-state index contributed by atoms with van der Waals surface area (Å²) in [6.07, 6.45) is 3.15. The maximum absolute atomic E-state index is 13.3. The Morgan fingerprint density at radius 1 is 1.00 bits per heavy atom. The molecule has 0 atom stereocenters. The van der Waals surface area contributed by atoms with Gasteiger partial charge in [-0.25, -0.2) is 9.18 Å². The first-order valence-corrected chi connectivity index (χ1v) is 9.86. The van der Waals surface area contributed by atoms with Gasteiger partial charge in [0.05, 0.1) is 10.6 Å². The molecule has 6 nitrogen and oxygen atoms in total. The molecule has 1 heterocycles. The number of hydrogen-bond donors (Lipinski definition) is 2. The first-order chi connectivity index (χ1) is 13.8. The summed E-state index contributed by atoms with van der Waals surface area (Å²) in [7, 11) is 3.75. The van der Waals surface area contributed by atoms with Crippen molar-refractivity contribution in [1.82, 2.24) is 4.90 Å². The monoisotopic (exact) mass is 418 g/mol. The highest BCUT2D eigenvalue weighted by Gasteiger charge is 2.22. The molecule has 29 heavy (non-hydrogen) atoms. The Labute approximate surface area is 174 Å². The molecule has 0 unspecified atom stereocenters. The van der Waals surface area contributed by atoms with E-state index in [4.69, 9.17) is 11.6 Å². The van der Waals surface area contributed by atoms with Gasteiger partial charge in [-0.1, -0.05) is 11.6 Å². The lowest BCUT2D eigenvalue weighted by molar-refractivity contribution is 0.0725. The highest BCUT2D eigenvalue weighted by Crippen LogP contribution is 2.26. The number of rotatable bonds is 4. The van der Waals surface area contributed by atoms with Crippen molar-refractivity contribution in [1.29, 1.82) is 0 Å². The molecule has 8 heteroatoms. The topological polar surface area (TPSA) is 64.7 Å². The number of nitrogens with one attached hydrogen (secondary N) is 2. The van der Waals surface area contributed by atoms with Gasteiger partial charge in [0.1, 0.15) is 5.82 Å². The van der Waals surface area contributed by atoms with Crippen molar-refractivity contribution in [3.8, 4) is 0 Å². The number of benzene rings is 2. The molecule has 1 saturated heterocycles. The number of hydrogen-bond acceptors (Lipinski definition) is 3. The van der Waals surface area contributed by atoms with Crippen LogP contribution in [0.2, 0.25) is 5.02 Å². The Morgan fingerprint density at radius 3 is 2.24 bits per heavy atom. The Hall–Kier alpha value is -2.80. The molecule has 1 aliphatic heterocycles. The van der Waals surface area contributed by atoms with Crippen molar-refractivity contribution in [3.63, 3.8) is 0 Å². The van der Waals surface area contributed by atoms with E-state index in [1.165, 1.54) is 18.2 Å². The quantitative estimate of drug-likeness (QED) is 0.748.